The molecule has 2 rings (SSSR count). The highest BCUT2D eigenvalue weighted by molar-refractivity contribution is 7.91. The fourth-order valence-electron chi connectivity index (χ4n) is 2.49. The zero-order valence-electron chi connectivity index (χ0n) is 9.47. The van der Waals surface area contributed by atoms with E-state index in [1.165, 1.54) is 6.07 Å². The maximum Gasteiger partial charge on any atom is 0.150 e. The van der Waals surface area contributed by atoms with Gasteiger partial charge in [0.15, 0.2) is 9.84 Å². The highest BCUT2D eigenvalue weighted by Crippen LogP contribution is 2.34. The molecule has 1 aromatic rings. The molecule has 1 saturated heterocycles. The lowest BCUT2D eigenvalue weighted by atomic mass is 9.84. The number of hydrogen-bond acceptors (Lipinski definition) is 3. The van der Waals surface area contributed by atoms with Gasteiger partial charge in [0.25, 0.3) is 0 Å². The molecular formula is C12H16FNO2S. The third-order valence-electron chi connectivity index (χ3n) is 3.38. The summed E-state index contributed by atoms with van der Waals surface area (Å²) >= 11 is 0. The standard InChI is InChI=1S/C12H16FNO2S/c13-12-4-2-1-3-11(12)10-5-6-17(15,16)8-9(10)7-14/h1-4,9-10H,5-8,14H2. The Bertz CT molecular complexity index is 501. The molecular weight excluding hydrogens is 241 g/mol. The number of benzene rings is 1. The smallest absolute Gasteiger partial charge is 0.150 e. The fourth-order valence-corrected chi connectivity index (χ4v) is 4.29. The van der Waals surface area contributed by atoms with Gasteiger partial charge in [0.05, 0.1) is 11.5 Å². The van der Waals surface area contributed by atoms with Crippen molar-refractivity contribution in [2.75, 3.05) is 18.1 Å². The molecule has 2 N–H and O–H groups in total. The highest BCUT2D eigenvalue weighted by Gasteiger charge is 2.34. The van der Waals surface area contributed by atoms with Crippen molar-refractivity contribution >= 4 is 9.84 Å². The largest absolute Gasteiger partial charge is 0.330 e. The van der Waals surface area contributed by atoms with Crippen molar-refractivity contribution in [2.24, 2.45) is 11.7 Å². The van der Waals surface area contributed by atoms with E-state index in [0.29, 0.717) is 12.0 Å². The molecule has 94 valence electrons. The van der Waals surface area contributed by atoms with Crippen LogP contribution in [0.3, 0.4) is 0 Å². The van der Waals surface area contributed by atoms with Crippen LogP contribution in [0.1, 0.15) is 17.9 Å². The lowest BCUT2D eigenvalue weighted by Crippen LogP contribution is -2.36. The van der Waals surface area contributed by atoms with E-state index in [1.807, 2.05) is 0 Å². The van der Waals surface area contributed by atoms with Crippen molar-refractivity contribution in [3.05, 3.63) is 35.6 Å². The number of hydrogen-bond donors (Lipinski definition) is 1. The van der Waals surface area contributed by atoms with Gasteiger partial charge < -0.3 is 5.73 Å². The van der Waals surface area contributed by atoms with Gasteiger partial charge in [-0.3, -0.25) is 0 Å². The normalized spacial score (nSPS) is 27.9. The van der Waals surface area contributed by atoms with Gasteiger partial charge in [-0.2, -0.15) is 0 Å². The van der Waals surface area contributed by atoms with Gasteiger partial charge in [0.2, 0.25) is 0 Å². The number of nitrogens with two attached hydrogens (primary N) is 1. The summed E-state index contributed by atoms with van der Waals surface area (Å²) < 4.78 is 36.8. The second-order valence-corrected chi connectivity index (χ2v) is 6.76. The first-order valence-electron chi connectivity index (χ1n) is 5.68. The van der Waals surface area contributed by atoms with E-state index in [2.05, 4.69) is 0 Å². The minimum absolute atomic E-state index is 0.0719. The van der Waals surface area contributed by atoms with Gasteiger partial charge in [0.1, 0.15) is 5.82 Å². The monoisotopic (exact) mass is 257 g/mol. The second kappa shape index (κ2) is 4.74. The van der Waals surface area contributed by atoms with Crippen LogP contribution in [0.15, 0.2) is 24.3 Å². The fraction of sp³-hybridized carbons (Fsp3) is 0.500. The molecule has 0 amide bonds. The van der Waals surface area contributed by atoms with E-state index in [-0.39, 0.29) is 35.7 Å². The van der Waals surface area contributed by atoms with E-state index in [9.17, 15) is 12.8 Å². The average Bonchev–Trinajstić information content (AvgIpc) is 2.29. The lowest BCUT2D eigenvalue weighted by molar-refractivity contribution is 0.418. The van der Waals surface area contributed by atoms with Crippen molar-refractivity contribution in [3.63, 3.8) is 0 Å². The van der Waals surface area contributed by atoms with Crippen molar-refractivity contribution in [2.45, 2.75) is 12.3 Å². The highest BCUT2D eigenvalue weighted by atomic mass is 32.2. The van der Waals surface area contributed by atoms with Crippen LogP contribution in [-0.4, -0.2) is 26.5 Å². The molecule has 2 unspecified atom stereocenters. The Balaban J connectivity index is 2.30. The van der Waals surface area contributed by atoms with E-state index >= 15 is 0 Å². The topological polar surface area (TPSA) is 60.2 Å². The van der Waals surface area contributed by atoms with Crippen LogP contribution >= 0.6 is 0 Å². The Hall–Kier alpha value is -0.940. The minimum Gasteiger partial charge on any atom is -0.330 e. The van der Waals surface area contributed by atoms with E-state index in [0.717, 1.165) is 0 Å². The summed E-state index contributed by atoms with van der Waals surface area (Å²) in [6.45, 7) is 0.276. The zero-order chi connectivity index (χ0) is 12.5. The maximum atomic E-state index is 13.7. The van der Waals surface area contributed by atoms with E-state index < -0.39 is 9.84 Å². The second-order valence-electron chi connectivity index (χ2n) is 4.53. The van der Waals surface area contributed by atoms with Crippen molar-refractivity contribution in [1.29, 1.82) is 0 Å². The van der Waals surface area contributed by atoms with Crippen molar-refractivity contribution < 1.29 is 12.8 Å². The summed E-state index contributed by atoms with van der Waals surface area (Å²) in [5.74, 6) is -0.323. The van der Waals surface area contributed by atoms with Crippen LogP contribution < -0.4 is 5.73 Å². The molecule has 1 aliphatic rings. The molecule has 2 atom stereocenters. The van der Waals surface area contributed by atoms with Crippen LogP contribution in [0.5, 0.6) is 0 Å². The van der Waals surface area contributed by atoms with Crippen LogP contribution in [0.4, 0.5) is 4.39 Å². The molecule has 0 aromatic heterocycles. The summed E-state index contributed by atoms with van der Waals surface area (Å²) in [7, 11) is -3.00. The molecule has 0 saturated carbocycles. The Kier molecular flexibility index (Phi) is 3.49. The molecule has 1 aliphatic heterocycles. The summed E-state index contributed by atoms with van der Waals surface area (Å²) in [5.41, 5.74) is 6.21. The molecule has 0 radical (unpaired) electrons. The Labute approximate surface area is 101 Å². The predicted molar refractivity (Wildman–Crippen MR) is 65.0 cm³/mol. The van der Waals surface area contributed by atoms with Gasteiger partial charge in [-0.25, -0.2) is 12.8 Å². The number of halogens is 1. The molecule has 1 fully saturated rings. The molecule has 0 spiro atoms. The predicted octanol–water partition coefficient (Wildman–Crippen LogP) is 1.30. The average molecular weight is 257 g/mol. The van der Waals surface area contributed by atoms with Gasteiger partial charge >= 0.3 is 0 Å². The summed E-state index contributed by atoms with van der Waals surface area (Å²) in [5, 5.41) is 0. The first-order chi connectivity index (χ1) is 8.03. The van der Waals surface area contributed by atoms with Crippen molar-refractivity contribution in [3.8, 4) is 0 Å². The van der Waals surface area contributed by atoms with E-state index in [1.54, 1.807) is 18.2 Å². The van der Waals surface area contributed by atoms with Crippen LogP contribution in [0.2, 0.25) is 0 Å². The quantitative estimate of drug-likeness (QED) is 0.868. The van der Waals surface area contributed by atoms with Gasteiger partial charge in [-0.15, -0.1) is 0 Å². The molecule has 3 nitrogen and oxygen atoms in total. The first-order valence-corrected chi connectivity index (χ1v) is 7.50. The first kappa shape index (κ1) is 12.5. The summed E-state index contributed by atoms with van der Waals surface area (Å²) in [4.78, 5) is 0. The summed E-state index contributed by atoms with van der Waals surface area (Å²) in [6.07, 6.45) is 0.463. The Morgan fingerprint density at radius 3 is 2.71 bits per heavy atom. The van der Waals surface area contributed by atoms with Crippen LogP contribution in [0, 0.1) is 11.7 Å². The van der Waals surface area contributed by atoms with Crippen LogP contribution in [-0.2, 0) is 9.84 Å². The van der Waals surface area contributed by atoms with Crippen LogP contribution in [0.25, 0.3) is 0 Å². The Morgan fingerprint density at radius 1 is 1.35 bits per heavy atom. The number of sulfone groups is 1. The minimum atomic E-state index is -3.00. The van der Waals surface area contributed by atoms with Gasteiger partial charge in [-0.05, 0) is 36.4 Å². The third-order valence-corrected chi connectivity index (χ3v) is 5.18. The molecule has 17 heavy (non-hydrogen) atoms. The molecule has 0 aliphatic carbocycles. The van der Waals surface area contributed by atoms with Crippen molar-refractivity contribution in [1.82, 2.24) is 0 Å². The third kappa shape index (κ3) is 2.66. The summed E-state index contributed by atoms with van der Waals surface area (Å²) in [6, 6.07) is 6.54. The Morgan fingerprint density at radius 2 is 2.06 bits per heavy atom. The molecule has 1 aromatic carbocycles. The maximum absolute atomic E-state index is 13.7. The SMILES string of the molecule is NCC1CS(=O)(=O)CCC1c1ccccc1F. The molecule has 0 bridgehead atoms. The van der Waals surface area contributed by atoms with Gasteiger partial charge in [0, 0.05) is 0 Å². The van der Waals surface area contributed by atoms with Gasteiger partial charge in [-0.1, -0.05) is 18.2 Å². The molecule has 1 heterocycles. The zero-order valence-corrected chi connectivity index (χ0v) is 10.3. The number of rotatable bonds is 2. The lowest BCUT2D eigenvalue weighted by Gasteiger charge is -2.31. The molecule has 5 heteroatoms. The van der Waals surface area contributed by atoms with E-state index in [4.69, 9.17) is 5.73 Å².